The zero-order chi connectivity index (χ0) is 13.1. The van der Waals surface area contributed by atoms with E-state index >= 15 is 0 Å². The van der Waals surface area contributed by atoms with Gasteiger partial charge in [0.2, 0.25) is 0 Å². The fourth-order valence-corrected chi connectivity index (χ4v) is 1.81. The molecule has 0 spiro atoms. The Balaban J connectivity index is 2.24. The highest BCUT2D eigenvalue weighted by molar-refractivity contribution is 6.06. The summed E-state index contributed by atoms with van der Waals surface area (Å²) in [7, 11) is 0. The van der Waals surface area contributed by atoms with Crippen LogP contribution >= 0.6 is 0 Å². The third-order valence-corrected chi connectivity index (χ3v) is 2.84. The minimum Gasteiger partial charge on any atom is -0.397 e. The lowest BCUT2D eigenvalue weighted by atomic mass is 10.1. The average molecular weight is 240 g/mol. The van der Waals surface area contributed by atoms with Crippen molar-refractivity contribution in [2.45, 2.75) is 13.8 Å². The molecular weight excluding hydrogens is 224 g/mol. The molecule has 0 saturated carbocycles. The highest BCUT2D eigenvalue weighted by Gasteiger charge is 2.09. The molecule has 0 atom stereocenters. The van der Waals surface area contributed by atoms with Gasteiger partial charge in [-0.05, 0) is 43.2 Å². The van der Waals surface area contributed by atoms with Gasteiger partial charge in [0.15, 0.2) is 0 Å². The monoisotopic (exact) mass is 240 g/mol. The molecule has 0 aliphatic rings. The van der Waals surface area contributed by atoms with E-state index in [0.29, 0.717) is 16.9 Å². The van der Waals surface area contributed by atoms with Gasteiger partial charge in [-0.3, -0.25) is 4.79 Å². The van der Waals surface area contributed by atoms with Crippen LogP contribution in [0.3, 0.4) is 0 Å². The number of amides is 1. The van der Waals surface area contributed by atoms with E-state index in [1.54, 1.807) is 6.07 Å². The molecule has 0 aromatic heterocycles. The molecule has 3 nitrogen and oxygen atoms in total. The second-order valence-corrected chi connectivity index (χ2v) is 4.36. The molecule has 2 aromatic rings. The average Bonchev–Trinajstić information content (AvgIpc) is 2.33. The largest absolute Gasteiger partial charge is 0.397 e. The molecule has 92 valence electrons. The van der Waals surface area contributed by atoms with Crippen LogP contribution in [-0.4, -0.2) is 5.91 Å². The Morgan fingerprint density at radius 3 is 2.50 bits per heavy atom. The second kappa shape index (κ2) is 4.92. The van der Waals surface area contributed by atoms with Gasteiger partial charge >= 0.3 is 0 Å². The van der Waals surface area contributed by atoms with Gasteiger partial charge in [-0.2, -0.15) is 0 Å². The van der Waals surface area contributed by atoms with E-state index in [-0.39, 0.29) is 5.91 Å². The summed E-state index contributed by atoms with van der Waals surface area (Å²) in [6.45, 7) is 3.87. The highest BCUT2D eigenvalue weighted by Crippen LogP contribution is 2.20. The SMILES string of the molecule is Cc1ccc(NC(=O)c2ccccc2C)c(N)c1. The first-order valence-electron chi connectivity index (χ1n) is 5.81. The van der Waals surface area contributed by atoms with Gasteiger partial charge in [0.05, 0.1) is 11.4 Å². The Hall–Kier alpha value is -2.29. The van der Waals surface area contributed by atoms with Gasteiger partial charge in [0.25, 0.3) is 5.91 Å². The number of nitrogens with one attached hydrogen (secondary N) is 1. The van der Waals surface area contributed by atoms with Crippen LogP contribution in [0.1, 0.15) is 21.5 Å². The predicted molar refractivity (Wildman–Crippen MR) is 74.7 cm³/mol. The summed E-state index contributed by atoms with van der Waals surface area (Å²) in [5, 5.41) is 2.83. The van der Waals surface area contributed by atoms with Gasteiger partial charge in [-0.1, -0.05) is 24.3 Å². The van der Waals surface area contributed by atoms with E-state index in [1.165, 1.54) is 0 Å². The molecule has 0 bridgehead atoms. The standard InChI is InChI=1S/C15H16N2O/c1-10-7-8-14(13(16)9-10)17-15(18)12-6-4-3-5-11(12)2/h3-9H,16H2,1-2H3,(H,17,18). The molecule has 2 rings (SSSR count). The van der Waals surface area contributed by atoms with Crippen molar-refractivity contribution in [2.75, 3.05) is 11.1 Å². The Morgan fingerprint density at radius 1 is 1.11 bits per heavy atom. The summed E-state index contributed by atoms with van der Waals surface area (Å²) in [5.41, 5.74) is 9.78. The molecule has 0 heterocycles. The maximum atomic E-state index is 12.1. The number of benzene rings is 2. The molecule has 1 amide bonds. The first-order valence-corrected chi connectivity index (χ1v) is 5.81. The van der Waals surface area contributed by atoms with Crippen molar-refractivity contribution in [2.24, 2.45) is 0 Å². The number of nitrogens with two attached hydrogens (primary N) is 1. The van der Waals surface area contributed by atoms with E-state index in [4.69, 9.17) is 5.73 Å². The molecule has 0 radical (unpaired) electrons. The van der Waals surface area contributed by atoms with Crippen LogP contribution in [0.5, 0.6) is 0 Å². The van der Waals surface area contributed by atoms with Crippen molar-refractivity contribution in [1.82, 2.24) is 0 Å². The minimum atomic E-state index is -0.136. The number of rotatable bonds is 2. The molecule has 0 unspecified atom stereocenters. The third-order valence-electron chi connectivity index (χ3n) is 2.84. The van der Waals surface area contributed by atoms with Crippen LogP contribution < -0.4 is 11.1 Å². The van der Waals surface area contributed by atoms with Gasteiger partial charge in [0.1, 0.15) is 0 Å². The van der Waals surface area contributed by atoms with Crippen molar-refractivity contribution in [1.29, 1.82) is 0 Å². The number of hydrogen-bond acceptors (Lipinski definition) is 2. The van der Waals surface area contributed by atoms with Crippen LogP contribution in [0.15, 0.2) is 42.5 Å². The van der Waals surface area contributed by atoms with E-state index in [0.717, 1.165) is 11.1 Å². The topological polar surface area (TPSA) is 55.1 Å². The second-order valence-electron chi connectivity index (χ2n) is 4.36. The molecule has 3 heteroatoms. The number of aryl methyl sites for hydroxylation is 2. The number of carbonyl (C=O) groups is 1. The van der Waals surface area contributed by atoms with Crippen LogP contribution in [0.25, 0.3) is 0 Å². The summed E-state index contributed by atoms with van der Waals surface area (Å²) in [6, 6.07) is 13.0. The summed E-state index contributed by atoms with van der Waals surface area (Å²) < 4.78 is 0. The van der Waals surface area contributed by atoms with Crippen LogP contribution in [0.2, 0.25) is 0 Å². The third kappa shape index (κ3) is 2.51. The van der Waals surface area contributed by atoms with Crippen molar-refractivity contribution in [3.05, 3.63) is 59.2 Å². The lowest BCUT2D eigenvalue weighted by Gasteiger charge is -2.10. The molecular formula is C15H16N2O. The fourth-order valence-electron chi connectivity index (χ4n) is 1.81. The predicted octanol–water partition coefficient (Wildman–Crippen LogP) is 3.14. The Morgan fingerprint density at radius 2 is 1.83 bits per heavy atom. The molecule has 0 fully saturated rings. The number of hydrogen-bond donors (Lipinski definition) is 2. The maximum absolute atomic E-state index is 12.1. The van der Waals surface area contributed by atoms with E-state index in [1.807, 2.05) is 50.2 Å². The number of nitrogen functional groups attached to an aromatic ring is 1. The van der Waals surface area contributed by atoms with Crippen molar-refractivity contribution >= 4 is 17.3 Å². The number of anilines is 2. The Labute approximate surface area is 107 Å². The van der Waals surface area contributed by atoms with Gasteiger partial charge in [-0.15, -0.1) is 0 Å². The molecule has 0 saturated heterocycles. The van der Waals surface area contributed by atoms with Gasteiger partial charge in [0, 0.05) is 5.56 Å². The van der Waals surface area contributed by atoms with Crippen LogP contribution in [0, 0.1) is 13.8 Å². The lowest BCUT2D eigenvalue weighted by Crippen LogP contribution is -2.14. The zero-order valence-corrected chi connectivity index (χ0v) is 10.5. The van der Waals surface area contributed by atoms with Crippen molar-refractivity contribution < 1.29 is 4.79 Å². The summed E-state index contributed by atoms with van der Waals surface area (Å²) in [6.07, 6.45) is 0. The Bertz CT molecular complexity index is 591. The summed E-state index contributed by atoms with van der Waals surface area (Å²) >= 11 is 0. The molecule has 0 aliphatic carbocycles. The minimum absolute atomic E-state index is 0.136. The van der Waals surface area contributed by atoms with Crippen LogP contribution in [-0.2, 0) is 0 Å². The smallest absolute Gasteiger partial charge is 0.255 e. The lowest BCUT2D eigenvalue weighted by molar-refractivity contribution is 0.102. The van der Waals surface area contributed by atoms with Crippen molar-refractivity contribution in [3.63, 3.8) is 0 Å². The van der Waals surface area contributed by atoms with E-state index in [2.05, 4.69) is 5.32 Å². The highest BCUT2D eigenvalue weighted by atomic mass is 16.1. The Kier molecular flexibility index (Phi) is 3.33. The number of carbonyl (C=O) groups excluding carboxylic acids is 1. The molecule has 18 heavy (non-hydrogen) atoms. The van der Waals surface area contributed by atoms with E-state index in [9.17, 15) is 4.79 Å². The van der Waals surface area contributed by atoms with E-state index < -0.39 is 0 Å². The van der Waals surface area contributed by atoms with Crippen molar-refractivity contribution in [3.8, 4) is 0 Å². The first-order chi connectivity index (χ1) is 8.58. The summed E-state index contributed by atoms with van der Waals surface area (Å²) in [5.74, 6) is -0.136. The quantitative estimate of drug-likeness (QED) is 0.792. The fraction of sp³-hybridized carbons (Fsp3) is 0.133. The normalized spacial score (nSPS) is 10.1. The summed E-state index contributed by atoms with van der Waals surface area (Å²) in [4.78, 5) is 12.1. The van der Waals surface area contributed by atoms with Gasteiger partial charge < -0.3 is 11.1 Å². The maximum Gasteiger partial charge on any atom is 0.255 e. The molecule has 0 aliphatic heterocycles. The van der Waals surface area contributed by atoms with Gasteiger partial charge in [-0.25, -0.2) is 0 Å². The zero-order valence-electron chi connectivity index (χ0n) is 10.5. The molecule has 3 N–H and O–H groups in total. The first kappa shape index (κ1) is 12.2. The molecule has 2 aromatic carbocycles. The van der Waals surface area contributed by atoms with Crippen LogP contribution in [0.4, 0.5) is 11.4 Å².